The molecule has 1 aliphatic heterocycles. The van der Waals surface area contributed by atoms with Crippen molar-refractivity contribution >= 4 is 28.3 Å². The molecule has 0 atom stereocenters. The first kappa shape index (κ1) is 21.1. The van der Waals surface area contributed by atoms with Crippen molar-refractivity contribution in [3.8, 4) is 0 Å². The molecule has 0 spiro atoms. The van der Waals surface area contributed by atoms with Crippen LogP contribution in [-0.4, -0.2) is 54.3 Å². The number of nitrogens with zero attached hydrogens (tertiary/aromatic N) is 2. The van der Waals surface area contributed by atoms with E-state index < -0.39 is 0 Å². The fourth-order valence-electron chi connectivity index (χ4n) is 4.18. The first-order valence-electron chi connectivity index (χ1n) is 10.8. The second-order valence-electron chi connectivity index (χ2n) is 8.33. The first-order valence-corrected chi connectivity index (χ1v) is 10.8. The minimum absolute atomic E-state index is 0.00617. The Morgan fingerprint density at radius 3 is 2.23 bits per heavy atom. The number of rotatable bonds is 5. The fourth-order valence-corrected chi connectivity index (χ4v) is 4.18. The molecule has 1 heterocycles. The molecule has 0 unspecified atom stereocenters. The highest BCUT2D eigenvalue weighted by Gasteiger charge is 2.23. The van der Waals surface area contributed by atoms with Crippen LogP contribution in [0.5, 0.6) is 0 Å². The Bertz CT molecular complexity index is 1080. The van der Waals surface area contributed by atoms with Crippen LogP contribution in [0, 0.1) is 13.8 Å². The summed E-state index contributed by atoms with van der Waals surface area (Å²) in [5.74, 6) is 0.142. The van der Waals surface area contributed by atoms with Crippen LogP contribution in [0.4, 0.5) is 5.69 Å². The lowest BCUT2D eigenvalue weighted by atomic mass is 10.0. The van der Waals surface area contributed by atoms with E-state index in [1.165, 1.54) is 5.39 Å². The molecule has 2 amide bonds. The Hall–Kier alpha value is -3.18. The second kappa shape index (κ2) is 9.31. The maximum Gasteiger partial charge on any atom is 0.238 e. The predicted molar refractivity (Wildman–Crippen MR) is 125 cm³/mol. The monoisotopic (exact) mass is 415 g/mol. The SMILES string of the molecule is Cc1cccc(C)c1NC(=O)CN1CCN(C(=O)Cc2ccc3ccccc3c2)CC1. The lowest BCUT2D eigenvalue weighted by molar-refractivity contribution is -0.132. The van der Waals surface area contributed by atoms with Gasteiger partial charge in [-0.3, -0.25) is 14.5 Å². The Morgan fingerprint density at radius 2 is 1.52 bits per heavy atom. The third-order valence-electron chi connectivity index (χ3n) is 6.01. The lowest BCUT2D eigenvalue weighted by Crippen LogP contribution is -2.50. The Morgan fingerprint density at radius 1 is 0.839 bits per heavy atom. The smallest absolute Gasteiger partial charge is 0.238 e. The summed E-state index contributed by atoms with van der Waals surface area (Å²) in [5, 5.41) is 5.39. The second-order valence-corrected chi connectivity index (χ2v) is 8.33. The summed E-state index contributed by atoms with van der Waals surface area (Å²) in [6.07, 6.45) is 0.415. The molecule has 1 aliphatic rings. The normalized spacial score (nSPS) is 14.6. The predicted octanol–water partition coefficient (Wildman–Crippen LogP) is 3.78. The van der Waals surface area contributed by atoms with Crippen LogP contribution in [0.1, 0.15) is 16.7 Å². The zero-order chi connectivity index (χ0) is 21.8. The molecule has 1 saturated heterocycles. The van der Waals surface area contributed by atoms with Gasteiger partial charge in [0, 0.05) is 31.9 Å². The average molecular weight is 416 g/mol. The van der Waals surface area contributed by atoms with Crippen molar-refractivity contribution in [3.63, 3.8) is 0 Å². The van der Waals surface area contributed by atoms with Gasteiger partial charge in [0.25, 0.3) is 0 Å². The summed E-state index contributed by atoms with van der Waals surface area (Å²) in [4.78, 5) is 29.3. The molecular weight excluding hydrogens is 386 g/mol. The molecule has 0 bridgehead atoms. The van der Waals surface area contributed by atoms with Gasteiger partial charge in [0.05, 0.1) is 13.0 Å². The van der Waals surface area contributed by atoms with Gasteiger partial charge in [-0.2, -0.15) is 0 Å². The molecule has 0 aromatic heterocycles. The number of piperazine rings is 1. The Balaban J connectivity index is 1.27. The number of aryl methyl sites for hydroxylation is 2. The molecule has 31 heavy (non-hydrogen) atoms. The number of carbonyl (C=O) groups excluding carboxylic acids is 2. The molecule has 0 radical (unpaired) electrons. The Kier molecular flexibility index (Phi) is 6.33. The van der Waals surface area contributed by atoms with Gasteiger partial charge in [-0.1, -0.05) is 60.7 Å². The van der Waals surface area contributed by atoms with Gasteiger partial charge in [0.1, 0.15) is 0 Å². The number of anilines is 1. The zero-order valence-electron chi connectivity index (χ0n) is 18.2. The topological polar surface area (TPSA) is 52.7 Å². The average Bonchev–Trinajstić information content (AvgIpc) is 2.77. The highest BCUT2D eigenvalue weighted by molar-refractivity contribution is 5.93. The van der Waals surface area contributed by atoms with E-state index in [4.69, 9.17) is 0 Å². The number of nitrogens with one attached hydrogen (secondary N) is 1. The number of hydrogen-bond acceptors (Lipinski definition) is 3. The summed E-state index contributed by atoms with van der Waals surface area (Å²) in [6, 6.07) is 20.4. The molecule has 1 N–H and O–H groups in total. The molecule has 5 heteroatoms. The molecule has 160 valence electrons. The maximum absolute atomic E-state index is 12.8. The van der Waals surface area contributed by atoms with E-state index in [9.17, 15) is 9.59 Å². The van der Waals surface area contributed by atoms with Crippen LogP contribution >= 0.6 is 0 Å². The summed E-state index contributed by atoms with van der Waals surface area (Å²) >= 11 is 0. The van der Waals surface area contributed by atoms with Gasteiger partial charge in [-0.05, 0) is 41.3 Å². The molecule has 5 nitrogen and oxygen atoms in total. The number of hydrogen-bond donors (Lipinski definition) is 1. The lowest BCUT2D eigenvalue weighted by Gasteiger charge is -2.34. The third-order valence-corrected chi connectivity index (χ3v) is 6.01. The minimum atomic E-state index is -0.00617. The van der Waals surface area contributed by atoms with Crippen molar-refractivity contribution < 1.29 is 9.59 Å². The number of carbonyl (C=O) groups is 2. The highest BCUT2D eigenvalue weighted by Crippen LogP contribution is 2.20. The van der Waals surface area contributed by atoms with Crippen molar-refractivity contribution in [1.29, 1.82) is 0 Å². The number of para-hydroxylation sites is 1. The van der Waals surface area contributed by atoms with E-state index in [1.807, 2.05) is 55.1 Å². The minimum Gasteiger partial charge on any atom is -0.340 e. The van der Waals surface area contributed by atoms with E-state index in [-0.39, 0.29) is 11.8 Å². The highest BCUT2D eigenvalue weighted by atomic mass is 16.2. The zero-order valence-corrected chi connectivity index (χ0v) is 18.2. The van der Waals surface area contributed by atoms with Crippen LogP contribution in [-0.2, 0) is 16.0 Å². The molecule has 3 aromatic rings. The summed E-state index contributed by atoms with van der Waals surface area (Å²) in [7, 11) is 0. The van der Waals surface area contributed by atoms with E-state index in [2.05, 4.69) is 34.5 Å². The maximum atomic E-state index is 12.8. The summed E-state index contributed by atoms with van der Waals surface area (Å²) < 4.78 is 0. The van der Waals surface area contributed by atoms with Crippen molar-refractivity contribution in [3.05, 3.63) is 77.4 Å². The molecule has 1 fully saturated rings. The van der Waals surface area contributed by atoms with Crippen molar-refractivity contribution in [2.75, 3.05) is 38.0 Å². The van der Waals surface area contributed by atoms with Crippen LogP contribution < -0.4 is 5.32 Å². The van der Waals surface area contributed by atoms with Gasteiger partial charge >= 0.3 is 0 Å². The fraction of sp³-hybridized carbons (Fsp3) is 0.308. The van der Waals surface area contributed by atoms with Crippen molar-refractivity contribution in [2.45, 2.75) is 20.3 Å². The third kappa shape index (κ3) is 5.12. The van der Waals surface area contributed by atoms with E-state index in [0.29, 0.717) is 39.1 Å². The van der Waals surface area contributed by atoms with E-state index in [1.54, 1.807) is 0 Å². The van der Waals surface area contributed by atoms with Crippen LogP contribution in [0.2, 0.25) is 0 Å². The largest absolute Gasteiger partial charge is 0.340 e. The molecular formula is C26H29N3O2. The van der Waals surface area contributed by atoms with Crippen LogP contribution in [0.25, 0.3) is 10.8 Å². The summed E-state index contributed by atoms with van der Waals surface area (Å²) in [5.41, 5.74) is 4.07. The number of amides is 2. The molecule has 3 aromatic carbocycles. The molecule has 0 aliphatic carbocycles. The number of benzene rings is 3. The van der Waals surface area contributed by atoms with Gasteiger partial charge in [0.2, 0.25) is 11.8 Å². The quantitative estimate of drug-likeness (QED) is 0.690. The Labute approximate surface area is 183 Å². The van der Waals surface area contributed by atoms with Gasteiger partial charge < -0.3 is 10.2 Å². The van der Waals surface area contributed by atoms with Gasteiger partial charge in [-0.25, -0.2) is 0 Å². The summed E-state index contributed by atoms with van der Waals surface area (Å²) in [6.45, 7) is 7.09. The van der Waals surface area contributed by atoms with Gasteiger partial charge in [0.15, 0.2) is 0 Å². The van der Waals surface area contributed by atoms with Crippen LogP contribution in [0.3, 0.4) is 0 Å². The van der Waals surface area contributed by atoms with Crippen LogP contribution in [0.15, 0.2) is 60.7 Å². The van der Waals surface area contributed by atoms with Crippen molar-refractivity contribution in [2.24, 2.45) is 0 Å². The molecule has 4 rings (SSSR count). The number of fused-ring (bicyclic) bond motifs is 1. The molecule has 0 saturated carbocycles. The standard InChI is InChI=1S/C26H29N3O2/c1-19-6-5-7-20(2)26(19)27-24(30)18-28-12-14-29(15-13-28)25(31)17-21-10-11-22-8-3-4-9-23(22)16-21/h3-11,16H,12-15,17-18H2,1-2H3,(H,27,30). The van der Waals surface area contributed by atoms with E-state index >= 15 is 0 Å². The first-order chi connectivity index (χ1) is 15.0. The van der Waals surface area contributed by atoms with E-state index in [0.717, 1.165) is 27.8 Å². The van der Waals surface area contributed by atoms with Gasteiger partial charge in [-0.15, -0.1) is 0 Å². The van der Waals surface area contributed by atoms with Crippen molar-refractivity contribution in [1.82, 2.24) is 9.80 Å².